The van der Waals surface area contributed by atoms with Gasteiger partial charge in [0, 0.05) is 12.5 Å². The van der Waals surface area contributed by atoms with Crippen molar-refractivity contribution in [1.82, 2.24) is 4.90 Å². The molecule has 3 heteroatoms. The molecule has 0 bridgehead atoms. The van der Waals surface area contributed by atoms with Gasteiger partial charge >= 0.3 is 0 Å². The summed E-state index contributed by atoms with van der Waals surface area (Å²) in [7, 11) is 0. The first-order chi connectivity index (χ1) is 7.74. The van der Waals surface area contributed by atoms with Crippen LogP contribution in [0.2, 0.25) is 0 Å². The van der Waals surface area contributed by atoms with E-state index in [0.717, 1.165) is 32.2 Å². The molecular formula is C13H21NO2. The minimum atomic E-state index is 0.0541. The zero-order valence-electron chi connectivity index (χ0n) is 9.93. The highest BCUT2D eigenvalue weighted by atomic mass is 16.3. The molecule has 0 radical (unpaired) electrons. The lowest BCUT2D eigenvalue weighted by Gasteiger charge is -2.29. The zero-order chi connectivity index (χ0) is 11.5. The van der Waals surface area contributed by atoms with Crippen molar-refractivity contribution in [3.05, 3.63) is 12.2 Å². The number of hydrogen-bond acceptors (Lipinski definition) is 2. The Bertz CT molecular complexity index is 288. The van der Waals surface area contributed by atoms with Gasteiger partial charge in [-0.15, -0.1) is 0 Å². The maximum Gasteiger partial charge on any atom is 0.226 e. The van der Waals surface area contributed by atoms with E-state index in [1.807, 2.05) is 4.90 Å². The summed E-state index contributed by atoms with van der Waals surface area (Å²) in [5.74, 6) is 0.852. The van der Waals surface area contributed by atoms with E-state index in [1.165, 1.54) is 0 Å². The topological polar surface area (TPSA) is 40.5 Å². The van der Waals surface area contributed by atoms with E-state index in [1.54, 1.807) is 0 Å². The number of aliphatic hydroxyl groups is 1. The average molecular weight is 223 g/mol. The SMILES string of the molecule is CC1CCN(C(=O)C2CC=CCC2)C1CO. The number of likely N-dealkylation sites (tertiary alicyclic amines) is 1. The van der Waals surface area contributed by atoms with Gasteiger partial charge in [-0.3, -0.25) is 4.79 Å². The van der Waals surface area contributed by atoms with Crippen LogP contribution in [0.25, 0.3) is 0 Å². The lowest BCUT2D eigenvalue weighted by Crippen LogP contribution is -2.43. The number of aliphatic hydroxyl groups excluding tert-OH is 1. The Labute approximate surface area is 97.1 Å². The van der Waals surface area contributed by atoms with Crippen molar-refractivity contribution in [1.29, 1.82) is 0 Å². The first-order valence-corrected chi connectivity index (χ1v) is 6.30. The van der Waals surface area contributed by atoms with E-state index < -0.39 is 0 Å². The van der Waals surface area contributed by atoms with Crippen LogP contribution in [0.15, 0.2) is 12.2 Å². The van der Waals surface area contributed by atoms with Crippen LogP contribution >= 0.6 is 0 Å². The molecule has 1 fully saturated rings. The maximum atomic E-state index is 12.3. The van der Waals surface area contributed by atoms with E-state index >= 15 is 0 Å². The van der Waals surface area contributed by atoms with E-state index in [0.29, 0.717) is 5.92 Å². The molecule has 1 N–H and O–H groups in total. The Balaban J connectivity index is 2.01. The van der Waals surface area contributed by atoms with Gasteiger partial charge in [-0.2, -0.15) is 0 Å². The smallest absolute Gasteiger partial charge is 0.226 e. The summed E-state index contributed by atoms with van der Waals surface area (Å²) in [4.78, 5) is 14.2. The molecule has 1 amide bonds. The molecule has 1 heterocycles. The highest BCUT2D eigenvalue weighted by Crippen LogP contribution is 2.28. The van der Waals surface area contributed by atoms with Gasteiger partial charge in [0.05, 0.1) is 12.6 Å². The first kappa shape index (κ1) is 11.6. The second-order valence-electron chi connectivity index (χ2n) is 5.03. The first-order valence-electron chi connectivity index (χ1n) is 6.30. The molecule has 3 nitrogen and oxygen atoms in total. The normalized spacial score (nSPS) is 34.4. The molecule has 3 unspecified atom stereocenters. The van der Waals surface area contributed by atoms with Crippen molar-refractivity contribution in [3.63, 3.8) is 0 Å². The molecule has 90 valence electrons. The number of amides is 1. The van der Waals surface area contributed by atoms with Gasteiger partial charge in [0.25, 0.3) is 0 Å². The van der Waals surface area contributed by atoms with Crippen molar-refractivity contribution in [2.75, 3.05) is 13.2 Å². The van der Waals surface area contributed by atoms with Gasteiger partial charge in [0.2, 0.25) is 5.91 Å². The number of hydrogen-bond donors (Lipinski definition) is 1. The van der Waals surface area contributed by atoms with Crippen LogP contribution in [-0.4, -0.2) is 35.1 Å². The molecule has 1 aliphatic heterocycles. The summed E-state index contributed by atoms with van der Waals surface area (Å²) in [5.41, 5.74) is 0. The summed E-state index contributed by atoms with van der Waals surface area (Å²) in [6.07, 6.45) is 8.16. The second kappa shape index (κ2) is 5.00. The molecule has 3 atom stereocenters. The molecule has 1 saturated heterocycles. The summed E-state index contributed by atoms with van der Waals surface area (Å²) in [5, 5.41) is 9.35. The van der Waals surface area contributed by atoms with Gasteiger partial charge in [0.15, 0.2) is 0 Å². The maximum absolute atomic E-state index is 12.3. The lowest BCUT2D eigenvalue weighted by molar-refractivity contribution is -0.137. The van der Waals surface area contributed by atoms with Gasteiger partial charge in [0.1, 0.15) is 0 Å². The molecule has 2 aliphatic rings. The quantitative estimate of drug-likeness (QED) is 0.722. The van der Waals surface area contributed by atoms with E-state index in [2.05, 4.69) is 19.1 Å². The highest BCUT2D eigenvalue weighted by molar-refractivity contribution is 5.79. The van der Waals surface area contributed by atoms with E-state index in [-0.39, 0.29) is 24.5 Å². The van der Waals surface area contributed by atoms with Crippen molar-refractivity contribution in [2.24, 2.45) is 11.8 Å². The van der Waals surface area contributed by atoms with Crippen molar-refractivity contribution in [2.45, 2.75) is 38.6 Å². The summed E-state index contributed by atoms with van der Waals surface area (Å²) in [6.45, 7) is 3.05. The van der Waals surface area contributed by atoms with Gasteiger partial charge in [-0.25, -0.2) is 0 Å². The molecular weight excluding hydrogens is 202 g/mol. The van der Waals surface area contributed by atoms with Gasteiger partial charge in [-0.1, -0.05) is 19.1 Å². The van der Waals surface area contributed by atoms with E-state index in [9.17, 15) is 9.90 Å². The minimum Gasteiger partial charge on any atom is -0.394 e. The van der Waals surface area contributed by atoms with Gasteiger partial charge in [-0.05, 0) is 31.6 Å². The Morgan fingerprint density at radius 1 is 1.44 bits per heavy atom. The number of allylic oxidation sites excluding steroid dienone is 2. The Morgan fingerprint density at radius 3 is 2.88 bits per heavy atom. The molecule has 0 saturated carbocycles. The van der Waals surface area contributed by atoms with Crippen molar-refractivity contribution in [3.8, 4) is 0 Å². The lowest BCUT2D eigenvalue weighted by atomic mass is 9.92. The fraction of sp³-hybridized carbons (Fsp3) is 0.769. The molecule has 0 aromatic rings. The third-order valence-corrected chi connectivity index (χ3v) is 3.97. The Hall–Kier alpha value is -0.830. The van der Waals surface area contributed by atoms with Crippen LogP contribution in [-0.2, 0) is 4.79 Å². The largest absolute Gasteiger partial charge is 0.394 e. The van der Waals surface area contributed by atoms with Crippen LogP contribution in [0, 0.1) is 11.8 Å². The number of carbonyl (C=O) groups is 1. The average Bonchev–Trinajstić information content (AvgIpc) is 2.70. The monoisotopic (exact) mass is 223 g/mol. The third-order valence-electron chi connectivity index (χ3n) is 3.97. The second-order valence-corrected chi connectivity index (χ2v) is 5.03. The van der Waals surface area contributed by atoms with Crippen LogP contribution in [0.3, 0.4) is 0 Å². The number of rotatable bonds is 2. The molecule has 1 aliphatic carbocycles. The number of carbonyl (C=O) groups excluding carboxylic acids is 1. The Morgan fingerprint density at radius 2 is 2.25 bits per heavy atom. The number of nitrogens with zero attached hydrogens (tertiary/aromatic N) is 1. The highest BCUT2D eigenvalue weighted by Gasteiger charge is 2.36. The standard InChI is InChI=1S/C13H21NO2/c1-10-7-8-14(12(10)9-15)13(16)11-5-3-2-4-6-11/h2-3,10-12,15H,4-9H2,1H3. The summed E-state index contributed by atoms with van der Waals surface area (Å²) >= 11 is 0. The van der Waals surface area contributed by atoms with Crippen LogP contribution in [0.5, 0.6) is 0 Å². The zero-order valence-corrected chi connectivity index (χ0v) is 9.93. The molecule has 2 rings (SSSR count). The minimum absolute atomic E-state index is 0.0541. The van der Waals surface area contributed by atoms with Crippen molar-refractivity contribution < 1.29 is 9.90 Å². The Kier molecular flexibility index (Phi) is 3.64. The van der Waals surface area contributed by atoms with Crippen LogP contribution < -0.4 is 0 Å². The molecule has 0 aromatic heterocycles. The van der Waals surface area contributed by atoms with Crippen LogP contribution in [0.4, 0.5) is 0 Å². The fourth-order valence-corrected chi connectivity index (χ4v) is 2.81. The predicted molar refractivity (Wildman–Crippen MR) is 62.8 cm³/mol. The summed E-state index contributed by atoms with van der Waals surface area (Å²) < 4.78 is 0. The van der Waals surface area contributed by atoms with E-state index in [4.69, 9.17) is 0 Å². The third kappa shape index (κ3) is 2.14. The fourth-order valence-electron chi connectivity index (χ4n) is 2.81. The molecule has 16 heavy (non-hydrogen) atoms. The molecule has 0 aromatic carbocycles. The van der Waals surface area contributed by atoms with Crippen molar-refractivity contribution >= 4 is 5.91 Å². The van der Waals surface area contributed by atoms with Crippen LogP contribution in [0.1, 0.15) is 32.6 Å². The summed E-state index contributed by atoms with van der Waals surface area (Å²) in [6, 6.07) is 0.0541. The molecule has 0 spiro atoms. The predicted octanol–water partition coefficient (Wildman–Crippen LogP) is 1.57. The van der Waals surface area contributed by atoms with Gasteiger partial charge < -0.3 is 10.0 Å².